The van der Waals surface area contributed by atoms with Gasteiger partial charge < -0.3 is 16.4 Å². The summed E-state index contributed by atoms with van der Waals surface area (Å²) >= 11 is 0. The van der Waals surface area contributed by atoms with Crippen molar-refractivity contribution in [2.24, 2.45) is 5.73 Å². The lowest BCUT2D eigenvalue weighted by Crippen LogP contribution is -2.14. The molecule has 0 radical (unpaired) electrons. The molecule has 2 aromatic carbocycles. The van der Waals surface area contributed by atoms with Crippen molar-refractivity contribution in [2.75, 3.05) is 10.6 Å². The van der Waals surface area contributed by atoms with Crippen molar-refractivity contribution in [3.8, 4) is 0 Å². The Morgan fingerprint density at radius 1 is 0.864 bits per heavy atom. The molecule has 0 fully saturated rings. The Labute approximate surface area is 127 Å². The van der Waals surface area contributed by atoms with Crippen LogP contribution in [0.5, 0.6) is 0 Å². The van der Waals surface area contributed by atoms with Crippen LogP contribution in [0.15, 0.2) is 48.5 Å². The van der Waals surface area contributed by atoms with Crippen LogP contribution in [0.2, 0.25) is 0 Å². The summed E-state index contributed by atoms with van der Waals surface area (Å²) < 4.78 is 0. The molecule has 0 saturated carbocycles. The third-order valence-corrected chi connectivity index (χ3v) is 2.87. The Morgan fingerprint density at radius 2 is 1.41 bits per heavy atom. The number of hydrogen-bond acceptors (Lipinski definition) is 3. The summed E-state index contributed by atoms with van der Waals surface area (Å²) in [6, 6.07) is 12.8. The van der Waals surface area contributed by atoms with Crippen LogP contribution in [0, 0.1) is 0 Å². The van der Waals surface area contributed by atoms with Gasteiger partial charge in [-0.1, -0.05) is 6.07 Å². The first kappa shape index (κ1) is 15.2. The largest absolute Gasteiger partial charge is 0.366 e. The van der Waals surface area contributed by atoms with Crippen LogP contribution in [-0.4, -0.2) is 17.7 Å². The molecule has 0 aliphatic carbocycles. The molecule has 0 aromatic heterocycles. The van der Waals surface area contributed by atoms with Gasteiger partial charge in [0.25, 0.3) is 5.91 Å². The van der Waals surface area contributed by atoms with Gasteiger partial charge in [0.05, 0.1) is 0 Å². The van der Waals surface area contributed by atoms with Crippen LogP contribution < -0.4 is 16.4 Å². The van der Waals surface area contributed by atoms with Gasteiger partial charge in [0.15, 0.2) is 0 Å². The van der Waals surface area contributed by atoms with Crippen molar-refractivity contribution in [3.63, 3.8) is 0 Å². The number of carbonyl (C=O) groups is 3. The lowest BCUT2D eigenvalue weighted by molar-refractivity contribution is -0.114. The van der Waals surface area contributed by atoms with Crippen LogP contribution in [0.1, 0.15) is 27.6 Å². The Morgan fingerprint density at radius 3 is 1.95 bits per heavy atom. The summed E-state index contributed by atoms with van der Waals surface area (Å²) in [6.07, 6.45) is 0. The molecule has 0 atom stereocenters. The minimum atomic E-state index is -0.546. The van der Waals surface area contributed by atoms with Crippen LogP contribution in [-0.2, 0) is 4.79 Å². The third kappa shape index (κ3) is 3.92. The van der Waals surface area contributed by atoms with Gasteiger partial charge >= 0.3 is 0 Å². The number of hydrogen-bond donors (Lipinski definition) is 3. The Kier molecular flexibility index (Phi) is 4.53. The van der Waals surface area contributed by atoms with E-state index in [0.29, 0.717) is 22.5 Å². The van der Waals surface area contributed by atoms with Crippen LogP contribution in [0.4, 0.5) is 11.4 Å². The van der Waals surface area contributed by atoms with Crippen molar-refractivity contribution in [3.05, 3.63) is 59.7 Å². The SMILES string of the molecule is CC(=O)Nc1cccc(NC(=O)c2ccc(C(N)=O)cc2)c1. The van der Waals surface area contributed by atoms with E-state index in [1.165, 1.54) is 31.2 Å². The molecule has 3 amide bonds. The molecule has 2 rings (SSSR count). The summed E-state index contributed by atoms with van der Waals surface area (Å²) in [5, 5.41) is 5.35. The highest BCUT2D eigenvalue weighted by atomic mass is 16.2. The Balaban J connectivity index is 2.11. The fraction of sp³-hybridized carbons (Fsp3) is 0.0625. The van der Waals surface area contributed by atoms with Crippen LogP contribution in [0.3, 0.4) is 0 Å². The van der Waals surface area contributed by atoms with Crippen molar-refractivity contribution in [1.82, 2.24) is 0 Å². The Hall–Kier alpha value is -3.15. The summed E-state index contributed by atoms with van der Waals surface area (Å²) in [5.74, 6) is -1.06. The molecule has 22 heavy (non-hydrogen) atoms. The van der Waals surface area contributed by atoms with E-state index in [9.17, 15) is 14.4 Å². The van der Waals surface area contributed by atoms with Crippen LogP contribution in [0.25, 0.3) is 0 Å². The smallest absolute Gasteiger partial charge is 0.255 e. The highest BCUT2D eigenvalue weighted by Crippen LogP contribution is 2.16. The van der Waals surface area contributed by atoms with Gasteiger partial charge in [0.1, 0.15) is 0 Å². The first-order valence-corrected chi connectivity index (χ1v) is 6.54. The minimum Gasteiger partial charge on any atom is -0.366 e. The van der Waals surface area contributed by atoms with E-state index in [2.05, 4.69) is 10.6 Å². The monoisotopic (exact) mass is 297 g/mol. The molecule has 0 heterocycles. The first-order chi connectivity index (χ1) is 10.5. The summed E-state index contributed by atoms with van der Waals surface area (Å²) in [5.41, 5.74) is 7.02. The molecule has 0 bridgehead atoms. The summed E-state index contributed by atoms with van der Waals surface area (Å²) in [6.45, 7) is 1.41. The second-order valence-electron chi connectivity index (χ2n) is 4.66. The van der Waals surface area contributed by atoms with Gasteiger partial charge in [-0.2, -0.15) is 0 Å². The second kappa shape index (κ2) is 6.53. The number of nitrogens with one attached hydrogen (secondary N) is 2. The average molecular weight is 297 g/mol. The fourth-order valence-corrected chi connectivity index (χ4v) is 1.87. The van der Waals surface area contributed by atoms with E-state index in [1.54, 1.807) is 24.3 Å². The zero-order chi connectivity index (χ0) is 16.1. The topological polar surface area (TPSA) is 101 Å². The zero-order valence-corrected chi connectivity index (χ0v) is 11.9. The number of nitrogens with two attached hydrogens (primary N) is 1. The maximum atomic E-state index is 12.1. The number of benzene rings is 2. The molecular formula is C16H15N3O3. The molecule has 6 nitrogen and oxygen atoms in total. The molecule has 4 N–H and O–H groups in total. The maximum Gasteiger partial charge on any atom is 0.255 e. The van der Waals surface area contributed by atoms with E-state index >= 15 is 0 Å². The molecule has 112 valence electrons. The molecule has 0 saturated heterocycles. The van der Waals surface area contributed by atoms with Gasteiger partial charge in [-0.15, -0.1) is 0 Å². The molecular weight excluding hydrogens is 282 g/mol. The molecule has 6 heteroatoms. The van der Waals surface area contributed by atoms with Crippen molar-refractivity contribution in [1.29, 1.82) is 0 Å². The lowest BCUT2D eigenvalue weighted by Gasteiger charge is -2.08. The molecule has 0 spiro atoms. The van der Waals surface area contributed by atoms with Gasteiger partial charge in [-0.3, -0.25) is 14.4 Å². The highest BCUT2D eigenvalue weighted by molar-refractivity contribution is 6.05. The first-order valence-electron chi connectivity index (χ1n) is 6.54. The lowest BCUT2D eigenvalue weighted by atomic mass is 10.1. The van der Waals surface area contributed by atoms with Crippen molar-refractivity contribution >= 4 is 29.1 Å². The van der Waals surface area contributed by atoms with Crippen molar-refractivity contribution < 1.29 is 14.4 Å². The molecule has 0 aliphatic rings. The molecule has 0 unspecified atom stereocenters. The quantitative estimate of drug-likeness (QED) is 0.804. The summed E-state index contributed by atoms with van der Waals surface area (Å²) in [7, 11) is 0. The van der Waals surface area contributed by atoms with Gasteiger partial charge in [-0.25, -0.2) is 0 Å². The average Bonchev–Trinajstić information content (AvgIpc) is 2.47. The number of amides is 3. The Bertz CT molecular complexity index is 724. The van der Waals surface area contributed by atoms with E-state index in [-0.39, 0.29) is 11.8 Å². The predicted molar refractivity (Wildman–Crippen MR) is 83.7 cm³/mol. The zero-order valence-electron chi connectivity index (χ0n) is 11.9. The number of primary amides is 1. The van der Waals surface area contributed by atoms with Crippen molar-refractivity contribution in [2.45, 2.75) is 6.92 Å². The number of rotatable bonds is 4. The highest BCUT2D eigenvalue weighted by Gasteiger charge is 2.08. The van der Waals surface area contributed by atoms with Gasteiger partial charge in [0.2, 0.25) is 11.8 Å². The third-order valence-electron chi connectivity index (χ3n) is 2.87. The standard InChI is InChI=1S/C16H15N3O3/c1-10(20)18-13-3-2-4-14(9-13)19-16(22)12-7-5-11(6-8-12)15(17)21/h2-9H,1H3,(H2,17,21)(H,18,20)(H,19,22). The van der Waals surface area contributed by atoms with Crippen LogP contribution >= 0.6 is 0 Å². The van der Waals surface area contributed by atoms with E-state index in [1.807, 2.05) is 0 Å². The van der Waals surface area contributed by atoms with Gasteiger partial charge in [0, 0.05) is 29.4 Å². The second-order valence-corrected chi connectivity index (χ2v) is 4.66. The normalized spacial score (nSPS) is 9.86. The maximum absolute atomic E-state index is 12.1. The predicted octanol–water partition coefficient (Wildman–Crippen LogP) is 2.00. The van der Waals surface area contributed by atoms with E-state index in [4.69, 9.17) is 5.73 Å². The number of carbonyl (C=O) groups excluding carboxylic acids is 3. The van der Waals surface area contributed by atoms with Gasteiger partial charge in [-0.05, 0) is 42.5 Å². The van der Waals surface area contributed by atoms with E-state index in [0.717, 1.165) is 0 Å². The molecule has 0 aliphatic heterocycles. The minimum absolute atomic E-state index is 0.189. The number of anilines is 2. The fourth-order valence-electron chi connectivity index (χ4n) is 1.87. The summed E-state index contributed by atoms with van der Waals surface area (Å²) in [4.78, 5) is 34.1. The molecule has 2 aromatic rings. The van der Waals surface area contributed by atoms with E-state index < -0.39 is 5.91 Å².